The van der Waals surface area contributed by atoms with Crippen LogP contribution in [0, 0.1) is 5.92 Å². The van der Waals surface area contributed by atoms with Crippen molar-refractivity contribution in [3.05, 3.63) is 48.5 Å². The fourth-order valence-corrected chi connectivity index (χ4v) is 2.08. The van der Waals surface area contributed by atoms with Crippen LogP contribution in [0.3, 0.4) is 0 Å². The maximum atomic E-state index is 12.1. The predicted molar refractivity (Wildman–Crippen MR) is 100 cm³/mol. The summed E-state index contributed by atoms with van der Waals surface area (Å²) in [6.07, 6.45) is 0. The third-order valence-corrected chi connectivity index (χ3v) is 3.46. The molecule has 25 heavy (non-hydrogen) atoms. The average Bonchev–Trinajstić information content (AvgIpc) is 2.60. The van der Waals surface area contributed by atoms with E-state index in [0.29, 0.717) is 11.4 Å². The highest BCUT2D eigenvalue weighted by molar-refractivity contribution is 5.96. The molecule has 0 aliphatic rings. The largest absolute Gasteiger partial charge is 0.497 e. The van der Waals surface area contributed by atoms with Crippen LogP contribution in [-0.4, -0.2) is 25.5 Å². The molecular weight excluding hydrogens is 318 g/mol. The van der Waals surface area contributed by atoms with Crippen molar-refractivity contribution in [2.24, 2.45) is 5.92 Å². The van der Waals surface area contributed by atoms with E-state index in [1.807, 2.05) is 38.1 Å². The average molecular weight is 341 g/mol. The molecule has 0 aliphatic heterocycles. The molecule has 0 fully saturated rings. The van der Waals surface area contributed by atoms with Crippen LogP contribution < -0.4 is 20.7 Å². The Labute approximate surface area is 147 Å². The number of rotatable bonds is 7. The minimum absolute atomic E-state index is 0.0665. The zero-order chi connectivity index (χ0) is 18.2. The summed E-state index contributed by atoms with van der Waals surface area (Å²) in [6, 6.07) is 14.4. The van der Waals surface area contributed by atoms with Crippen molar-refractivity contribution in [1.82, 2.24) is 0 Å². The number of benzene rings is 2. The predicted octanol–water partition coefficient (Wildman–Crippen LogP) is 3.34. The Morgan fingerprint density at radius 3 is 2.28 bits per heavy atom. The number of anilines is 3. The van der Waals surface area contributed by atoms with E-state index in [1.54, 1.807) is 31.4 Å². The monoisotopic (exact) mass is 341 g/mol. The van der Waals surface area contributed by atoms with E-state index >= 15 is 0 Å². The smallest absolute Gasteiger partial charge is 0.243 e. The van der Waals surface area contributed by atoms with E-state index in [4.69, 9.17) is 4.74 Å². The van der Waals surface area contributed by atoms with Crippen molar-refractivity contribution in [2.45, 2.75) is 13.8 Å². The van der Waals surface area contributed by atoms with Gasteiger partial charge in [0.15, 0.2) is 0 Å². The van der Waals surface area contributed by atoms with Crippen LogP contribution >= 0.6 is 0 Å². The number of ether oxygens (including phenoxy) is 1. The zero-order valence-electron chi connectivity index (χ0n) is 14.6. The number of hydrogen-bond donors (Lipinski definition) is 3. The van der Waals surface area contributed by atoms with Crippen LogP contribution in [0.25, 0.3) is 0 Å². The minimum atomic E-state index is -0.185. The summed E-state index contributed by atoms with van der Waals surface area (Å²) < 4.78 is 5.14. The van der Waals surface area contributed by atoms with Crippen LogP contribution in [0.4, 0.5) is 17.1 Å². The summed E-state index contributed by atoms with van der Waals surface area (Å²) in [5.74, 6) is 0.364. The molecule has 0 heterocycles. The molecule has 2 amide bonds. The molecule has 0 atom stereocenters. The van der Waals surface area contributed by atoms with E-state index in [9.17, 15) is 9.59 Å². The van der Waals surface area contributed by atoms with Crippen LogP contribution in [0.15, 0.2) is 48.5 Å². The number of hydrogen-bond acceptors (Lipinski definition) is 4. The van der Waals surface area contributed by atoms with Gasteiger partial charge in [-0.05, 0) is 30.3 Å². The lowest BCUT2D eigenvalue weighted by Crippen LogP contribution is -2.22. The molecule has 0 saturated carbocycles. The van der Waals surface area contributed by atoms with Crippen molar-refractivity contribution in [1.29, 1.82) is 0 Å². The Bertz CT molecular complexity index is 744. The molecule has 0 unspecified atom stereocenters. The Hall–Kier alpha value is -3.02. The molecule has 0 aromatic heterocycles. The first-order valence-corrected chi connectivity index (χ1v) is 8.06. The Kier molecular flexibility index (Phi) is 6.39. The van der Waals surface area contributed by atoms with E-state index in [1.165, 1.54) is 0 Å². The highest BCUT2D eigenvalue weighted by atomic mass is 16.5. The number of carbonyl (C=O) groups is 2. The SMILES string of the molecule is COc1cccc(NCC(=O)Nc2cccc(NC(=O)C(C)C)c2)c1. The third-order valence-electron chi connectivity index (χ3n) is 3.46. The van der Waals surface area contributed by atoms with Crippen molar-refractivity contribution in [3.63, 3.8) is 0 Å². The summed E-state index contributed by atoms with van der Waals surface area (Å²) in [7, 11) is 1.59. The first-order chi connectivity index (χ1) is 12.0. The lowest BCUT2D eigenvalue weighted by Gasteiger charge is -2.11. The van der Waals surface area contributed by atoms with Gasteiger partial charge in [-0.1, -0.05) is 26.0 Å². The molecule has 6 nitrogen and oxygen atoms in total. The molecule has 0 spiro atoms. The molecule has 6 heteroatoms. The fraction of sp³-hybridized carbons (Fsp3) is 0.263. The van der Waals surface area contributed by atoms with Gasteiger partial charge in [-0.2, -0.15) is 0 Å². The van der Waals surface area contributed by atoms with Gasteiger partial charge in [0, 0.05) is 29.0 Å². The van der Waals surface area contributed by atoms with Gasteiger partial charge in [-0.15, -0.1) is 0 Å². The van der Waals surface area contributed by atoms with Gasteiger partial charge < -0.3 is 20.7 Å². The second-order valence-electron chi connectivity index (χ2n) is 5.86. The summed E-state index contributed by atoms with van der Waals surface area (Å²) in [5, 5.41) is 8.64. The molecule has 2 aromatic rings. The zero-order valence-corrected chi connectivity index (χ0v) is 14.6. The Balaban J connectivity index is 1.90. The lowest BCUT2D eigenvalue weighted by molar-refractivity contribution is -0.119. The summed E-state index contributed by atoms with van der Waals surface area (Å²) in [6.45, 7) is 3.77. The molecule has 2 aromatic carbocycles. The number of methoxy groups -OCH3 is 1. The van der Waals surface area contributed by atoms with E-state index < -0.39 is 0 Å². The van der Waals surface area contributed by atoms with Crippen molar-refractivity contribution >= 4 is 28.9 Å². The molecule has 0 saturated heterocycles. The van der Waals surface area contributed by atoms with Gasteiger partial charge in [-0.25, -0.2) is 0 Å². The van der Waals surface area contributed by atoms with Gasteiger partial charge in [0.05, 0.1) is 13.7 Å². The molecule has 0 radical (unpaired) electrons. The van der Waals surface area contributed by atoms with E-state index in [-0.39, 0.29) is 24.3 Å². The Morgan fingerprint density at radius 1 is 0.960 bits per heavy atom. The molecule has 0 bridgehead atoms. The van der Waals surface area contributed by atoms with Crippen molar-refractivity contribution < 1.29 is 14.3 Å². The van der Waals surface area contributed by atoms with Crippen LogP contribution in [-0.2, 0) is 9.59 Å². The maximum Gasteiger partial charge on any atom is 0.243 e. The van der Waals surface area contributed by atoms with E-state index in [2.05, 4.69) is 16.0 Å². The maximum absolute atomic E-state index is 12.1. The van der Waals surface area contributed by atoms with Gasteiger partial charge in [0.2, 0.25) is 11.8 Å². The van der Waals surface area contributed by atoms with Gasteiger partial charge in [0.25, 0.3) is 0 Å². The van der Waals surface area contributed by atoms with Crippen LogP contribution in [0.5, 0.6) is 5.75 Å². The summed E-state index contributed by atoms with van der Waals surface area (Å²) in [5.41, 5.74) is 2.07. The van der Waals surface area contributed by atoms with Crippen molar-refractivity contribution in [2.75, 3.05) is 29.6 Å². The van der Waals surface area contributed by atoms with Crippen molar-refractivity contribution in [3.8, 4) is 5.75 Å². The second-order valence-corrected chi connectivity index (χ2v) is 5.86. The minimum Gasteiger partial charge on any atom is -0.497 e. The second kappa shape index (κ2) is 8.73. The molecule has 3 N–H and O–H groups in total. The topological polar surface area (TPSA) is 79.5 Å². The summed E-state index contributed by atoms with van der Waals surface area (Å²) in [4.78, 5) is 23.8. The number of carbonyl (C=O) groups excluding carboxylic acids is 2. The normalized spacial score (nSPS) is 10.2. The Morgan fingerprint density at radius 2 is 1.60 bits per heavy atom. The first-order valence-electron chi connectivity index (χ1n) is 8.06. The van der Waals surface area contributed by atoms with Gasteiger partial charge in [-0.3, -0.25) is 9.59 Å². The third kappa shape index (κ3) is 5.84. The quantitative estimate of drug-likeness (QED) is 0.722. The van der Waals surface area contributed by atoms with Crippen LogP contribution in [0.1, 0.15) is 13.8 Å². The molecular formula is C19H23N3O3. The van der Waals surface area contributed by atoms with Gasteiger partial charge in [0.1, 0.15) is 5.75 Å². The molecule has 2 rings (SSSR count). The lowest BCUT2D eigenvalue weighted by atomic mass is 10.2. The van der Waals surface area contributed by atoms with Crippen LogP contribution in [0.2, 0.25) is 0 Å². The first kappa shape index (κ1) is 18.3. The van der Waals surface area contributed by atoms with E-state index in [0.717, 1.165) is 11.4 Å². The van der Waals surface area contributed by atoms with Gasteiger partial charge >= 0.3 is 0 Å². The molecule has 0 aliphatic carbocycles. The highest BCUT2D eigenvalue weighted by Gasteiger charge is 2.08. The molecule has 132 valence electrons. The highest BCUT2D eigenvalue weighted by Crippen LogP contribution is 2.17. The number of nitrogens with one attached hydrogen (secondary N) is 3. The number of amides is 2. The summed E-state index contributed by atoms with van der Waals surface area (Å²) >= 11 is 0. The fourth-order valence-electron chi connectivity index (χ4n) is 2.08. The standard InChI is InChI=1S/C19H23N3O3/c1-13(2)19(24)22-16-8-4-7-15(10-16)21-18(23)12-20-14-6-5-9-17(11-14)25-3/h4-11,13,20H,12H2,1-3H3,(H,21,23)(H,22,24).